The first-order chi connectivity index (χ1) is 20.3. The van der Waals surface area contributed by atoms with Gasteiger partial charge in [0.25, 0.3) is 5.91 Å². The first-order valence-electron chi connectivity index (χ1n) is 14.8. The van der Waals surface area contributed by atoms with Gasteiger partial charge in [0.05, 0.1) is 5.60 Å². The van der Waals surface area contributed by atoms with Crippen LogP contribution in [0.1, 0.15) is 59.7 Å². The Labute approximate surface area is 253 Å². The molecule has 3 aromatic rings. The molecule has 224 valence electrons. The Morgan fingerprint density at radius 1 is 1.07 bits per heavy atom. The molecule has 7 nitrogen and oxygen atoms in total. The van der Waals surface area contributed by atoms with Crippen LogP contribution in [0.4, 0.5) is 0 Å². The first kappa shape index (κ1) is 31.7. The number of hydrogen-bond donors (Lipinski definition) is 4. The van der Waals surface area contributed by atoms with Crippen molar-refractivity contribution in [3.8, 4) is 11.1 Å². The van der Waals surface area contributed by atoms with Gasteiger partial charge in [0.1, 0.15) is 6.61 Å². The highest BCUT2D eigenvalue weighted by molar-refractivity contribution is 6.33. The molecule has 2 amide bonds. The van der Waals surface area contributed by atoms with E-state index in [0.717, 1.165) is 48.1 Å². The minimum absolute atomic E-state index is 0.0461. The summed E-state index contributed by atoms with van der Waals surface area (Å²) in [6.07, 6.45) is 3.22. The second-order valence-corrected chi connectivity index (χ2v) is 11.5. The van der Waals surface area contributed by atoms with Gasteiger partial charge in [-0.25, -0.2) is 0 Å². The minimum Gasteiger partial charge on any atom is -0.387 e. The van der Waals surface area contributed by atoms with Crippen LogP contribution in [0, 0.1) is 5.92 Å². The molecule has 4 N–H and O–H groups in total. The Hall–Kier alpha value is -3.23. The molecule has 1 saturated heterocycles. The van der Waals surface area contributed by atoms with Crippen LogP contribution >= 0.6 is 11.6 Å². The van der Waals surface area contributed by atoms with E-state index >= 15 is 0 Å². The highest BCUT2D eigenvalue weighted by Gasteiger charge is 2.43. The maximum atomic E-state index is 13.6. The van der Waals surface area contributed by atoms with Gasteiger partial charge in [0.15, 0.2) is 0 Å². The molecule has 1 fully saturated rings. The van der Waals surface area contributed by atoms with Crippen LogP contribution in [0.5, 0.6) is 0 Å². The van der Waals surface area contributed by atoms with Crippen LogP contribution < -0.4 is 10.6 Å². The molecule has 0 aromatic heterocycles. The average Bonchev–Trinajstić information content (AvgIpc) is 3.03. The summed E-state index contributed by atoms with van der Waals surface area (Å²) < 4.78 is 0. The summed E-state index contributed by atoms with van der Waals surface area (Å²) in [7, 11) is 1.89. The zero-order valence-electron chi connectivity index (χ0n) is 24.5. The molecule has 0 saturated carbocycles. The molecule has 1 aliphatic heterocycles. The van der Waals surface area contributed by atoms with Crippen molar-refractivity contribution < 1.29 is 19.8 Å². The third-order valence-electron chi connectivity index (χ3n) is 8.27. The Balaban J connectivity index is 1.69. The van der Waals surface area contributed by atoms with E-state index in [9.17, 15) is 14.7 Å². The maximum absolute atomic E-state index is 13.6. The zero-order chi connectivity index (χ0) is 30.1. The molecule has 3 aromatic carbocycles. The molecule has 8 heteroatoms. The fourth-order valence-electron chi connectivity index (χ4n) is 6.03. The Bertz CT molecular complexity index is 1360. The zero-order valence-corrected chi connectivity index (χ0v) is 25.3. The summed E-state index contributed by atoms with van der Waals surface area (Å²) >= 11 is 6.86. The lowest BCUT2D eigenvalue weighted by Gasteiger charge is -2.44. The molecule has 0 radical (unpaired) electrons. The Kier molecular flexibility index (Phi) is 11.2. The highest BCUT2D eigenvalue weighted by atomic mass is 35.5. The number of carbonyl (C=O) groups is 2. The lowest BCUT2D eigenvalue weighted by molar-refractivity contribution is -0.123. The maximum Gasteiger partial charge on any atom is 0.253 e. The number of piperidine rings is 1. The average molecular weight is 592 g/mol. The lowest BCUT2D eigenvalue weighted by Crippen LogP contribution is -2.48. The van der Waals surface area contributed by atoms with Gasteiger partial charge >= 0.3 is 0 Å². The molecule has 1 aliphatic rings. The molecule has 0 bridgehead atoms. The molecule has 2 atom stereocenters. The van der Waals surface area contributed by atoms with Gasteiger partial charge in [0, 0.05) is 48.2 Å². The number of nitrogens with one attached hydrogen (secondary N) is 2. The van der Waals surface area contributed by atoms with E-state index in [0.29, 0.717) is 43.1 Å². The van der Waals surface area contributed by atoms with Crippen molar-refractivity contribution in [2.24, 2.45) is 5.92 Å². The monoisotopic (exact) mass is 591 g/mol. The molecular formula is C34H42ClN3O4. The van der Waals surface area contributed by atoms with Crippen molar-refractivity contribution in [1.29, 1.82) is 0 Å². The number of halogens is 1. The number of amides is 2. The van der Waals surface area contributed by atoms with Gasteiger partial charge in [-0.1, -0.05) is 67.1 Å². The van der Waals surface area contributed by atoms with Crippen molar-refractivity contribution in [2.45, 2.75) is 51.2 Å². The summed E-state index contributed by atoms with van der Waals surface area (Å²) in [5, 5.41) is 28.2. The fourth-order valence-corrected chi connectivity index (χ4v) is 6.31. The van der Waals surface area contributed by atoms with Gasteiger partial charge in [-0.05, 0) is 79.6 Å². The normalized spacial score (nSPS) is 16.6. The highest BCUT2D eigenvalue weighted by Crippen LogP contribution is 2.45. The molecule has 0 aliphatic carbocycles. The van der Waals surface area contributed by atoms with E-state index in [1.807, 2.05) is 66.5 Å². The summed E-state index contributed by atoms with van der Waals surface area (Å²) in [6, 6.07) is 21.5. The fraction of sp³-hybridized carbons (Fsp3) is 0.412. The number of benzene rings is 3. The van der Waals surface area contributed by atoms with E-state index in [-0.39, 0.29) is 11.8 Å². The quantitative estimate of drug-likeness (QED) is 0.224. The van der Waals surface area contributed by atoms with Crippen LogP contribution in [0.3, 0.4) is 0 Å². The largest absolute Gasteiger partial charge is 0.387 e. The van der Waals surface area contributed by atoms with Crippen LogP contribution in [0.15, 0.2) is 66.7 Å². The van der Waals surface area contributed by atoms with E-state index in [1.54, 1.807) is 0 Å². The number of carbonyl (C=O) groups excluding carboxylic acids is 2. The number of rotatable bonds is 12. The number of nitrogens with zero attached hydrogens (tertiary/aromatic N) is 1. The predicted molar refractivity (Wildman–Crippen MR) is 167 cm³/mol. The summed E-state index contributed by atoms with van der Waals surface area (Å²) in [4.78, 5) is 27.1. The summed E-state index contributed by atoms with van der Waals surface area (Å²) in [6.45, 7) is 3.60. The molecule has 0 spiro atoms. The van der Waals surface area contributed by atoms with Crippen molar-refractivity contribution in [1.82, 2.24) is 15.5 Å². The third-order valence-corrected chi connectivity index (χ3v) is 8.59. The van der Waals surface area contributed by atoms with E-state index in [2.05, 4.69) is 29.7 Å². The van der Waals surface area contributed by atoms with Gasteiger partial charge in [-0.2, -0.15) is 0 Å². The summed E-state index contributed by atoms with van der Waals surface area (Å²) in [5.41, 5.74) is 4.05. The van der Waals surface area contributed by atoms with Crippen LogP contribution in [-0.2, 0) is 23.4 Å². The summed E-state index contributed by atoms with van der Waals surface area (Å²) in [5.74, 6) is -0.748. The number of aryl methyl sites for hydroxylation is 1. The van der Waals surface area contributed by atoms with Crippen molar-refractivity contribution >= 4 is 23.4 Å². The van der Waals surface area contributed by atoms with Crippen LogP contribution in [0.25, 0.3) is 11.1 Å². The Morgan fingerprint density at radius 3 is 2.55 bits per heavy atom. The molecule has 42 heavy (non-hydrogen) atoms. The van der Waals surface area contributed by atoms with Crippen LogP contribution in [0.2, 0.25) is 5.02 Å². The SMILES string of the molecule is CCc1cccc(-c2c(Cl)cccc2C(O)(CCCNC(=O)CO)[C@@H]2CCCN(C(=O)c3ccc(CNC)cc3)C2)c1. The molecule has 4 rings (SSSR count). The number of aliphatic hydroxyl groups is 2. The lowest BCUT2D eigenvalue weighted by atomic mass is 9.72. The minimum atomic E-state index is -1.32. The molecular weight excluding hydrogens is 550 g/mol. The predicted octanol–water partition coefficient (Wildman–Crippen LogP) is 4.92. The van der Waals surface area contributed by atoms with E-state index in [1.165, 1.54) is 5.56 Å². The number of hydrogen-bond acceptors (Lipinski definition) is 5. The second kappa shape index (κ2) is 14.8. The number of aliphatic hydroxyl groups excluding tert-OH is 1. The first-order valence-corrected chi connectivity index (χ1v) is 15.2. The topological polar surface area (TPSA) is 102 Å². The van der Waals surface area contributed by atoms with Crippen molar-refractivity contribution in [2.75, 3.05) is 33.3 Å². The van der Waals surface area contributed by atoms with E-state index < -0.39 is 18.1 Å². The number of likely N-dealkylation sites (tertiary alicyclic amines) is 1. The smallest absolute Gasteiger partial charge is 0.253 e. The van der Waals surface area contributed by atoms with Crippen molar-refractivity contribution in [3.63, 3.8) is 0 Å². The Morgan fingerprint density at radius 2 is 1.83 bits per heavy atom. The standard InChI is InChI=1S/C34H42ClN3O4/c1-3-24-8-4-9-27(20-24)32-29(11-5-12-30(32)35)34(42,17-7-18-37-31(40)23-39)28-10-6-19-38(22-28)33(41)26-15-13-25(14-16-26)21-36-2/h4-5,8-9,11-16,20,28,36,39,42H,3,6-7,10,17-19,21-23H2,1-2H3,(H,37,40)/t28-,34?/m1/s1. The van der Waals surface area contributed by atoms with E-state index in [4.69, 9.17) is 16.7 Å². The van der Waals surface area contributed by atoms with Crippen molar-refractivity contribution in [3.05, 3.63) is 94.0 Å². The van der Waals surface area contributed by atoms with Gasteiger partial charge < -0.3 is 25.7 Å². The van der Waals surface area contributed by atoms with Gasteiger partial charge in [0.2, 0.25) is 5.91 Å². The third kappa shape index (κ3) is 7.39. The molecule has 1 unspecified atom stereocenters. The second-order valence-electron chi connectivity index (χ2n) is 11.1. The van der Waals surface area contributed by atoms with Crippen LogP contribution in [-0.4, -0.2) is 60.2 Å². The molecule has 1 heterocycles. The van der Waals surface area contributed by atoms with Gasteiger partial charge in [-0.15, -0.1) is 0 Å². The van der Waals surface area contributed by atoms with Gasteiger partial charge in [-0.3, -0.25) is 9.59 Å².